The van der Waals surface area contributed by atoms with Crippen LogP contribution in [0.4, 0.5) is 0 Å². The van der Waals surface area contributed by atoms with Crippen LogP contribution in [-0.2, 0) is 0 Å². The van der Waals surface area contributed by atoms with Crippen molar-refractivity contribution < 1.29 is 27.4 Å². The Bertz CT molecular complexity index is 5800. The van der Waals surface area contributed by atoms with Gasteiger partial charge in [-0.1, -0.05) is 218 Å². The van der Waals surface area contributed by atoms with E-state index < -0.39 is 168 Å². The van der Waals surface area contributed by atoms with Crippen LogP contribution in [0, 0.1) is 0 Å². The summed E-state index contributed by atoms with van der Waals surface area (Å²) < 4.78 is 191. The zero-order chi connectivity index (χ0) is 67.6. The maximum absolute atomic E-state index is 10.6. The maximum Gasteiger partial charge on any atom is 0.180 e. The molecule has 0 atom stereocenters. The third-order valence-corrected chi connectivity index (χ3v) is 19.3. The van der Waals surface area contributed by atoms with Crippen molar-refractivity contribution in [1.82, 2.24) is 13.7 Å². The molecule has 0 aliphatic heterocycles. The number of hydrogen-bond acceptors (Lipinski definition) is 0. The summed E-state index contributed by atoms with van der Waals surface area (Å²) in [7, 11) is -3.61. The van der Waals surface area contributed by atoms with E-state index in [1.807, 2.05) is 97.1 Å². The van der Waals surface area contributed by atoms with Crippen molar-refractivity contribution in [2.75, 3.05) is 0 Å². The van der Waals surface area contributed by atoms with Gasteiger partial charge in [0, 0.05) is 49.4 Å². The van der Waals surface area contributed by atoms with Gasteiger partial charge in [-0.2, -0.15) is 0 Å². The van der Waals surface area contributed by atoms with E-state index in [2.05, 4.69) is 83.4 Å². The summed E-state index contributed by atoms with van der Waals surface area (Å²) >= 11 is 0. The van der Waals surface area contributed by atoms with Crippen molar-refractivity contribution >= 4 is 94.2 Å². The topological polar surface area (TPSA) is 14.8 Å². The number of benzene rings is 12. The fourth-order valence-electron chi connectivity index (χ4n) is 11.4. The minimum Gasteiger partial charge on any atom is -0.309 e. The van der Waals surface area contributed by atoms with Crippen LogP contribution in [0.15, 0.2) is 297 Å². The van der Waals surface area contributed by atoms with Gasteiger partial charge in [-0.3, -0.25) is 0 Å². The molecule has 0 spiro atoms. The van der Waals surface area contributed by atoms with Crippen molar-refractivity contribution in [2.45, 2.75) is 0 Å². The standard InChI is InChI=1S/C72H49N3Si/c1-4-22-50(23-5-1)51-24-18-25-52(46-51)53-26-19-27-54(47-53)73-67-40-16-12-36-62(67)64-49-56(44-45-69(64)73)75-68-41-17-13-37-63(68)72-70(75)42-21-43-71(72)76(57-29-6-2-7-30-57,58-31-8-3-9-32-58)59-33-20-28-55(48-59)74-65-38-14-10-34-60(65)61-35-11-15-39-66(61)74/h1-49H/i1D,4D,5D,12D,16D,18D,19D,22D,23D,24D,25D,26D,27D,36D,40D,44D,45D,46D,47D,49D. The second-order valence-electron chi connectivity index (χ2n) is 18.4. The van der Waals surface area contributed by atoms with Crippen LogP contribution in [0.5, 0.6) is 0 Å². The zero-order valence-corrected chi connectivity index (χ0v) is 41.1. The summed E-state index contributed by atoms with van der Waals surface area (Å²) in [5.41, 5.74) is -0.839. The van der Waals surface area contributed by atoms with Crippen LogP contribution >= 0.6 is 0 Å². The Morgan fingerprint density at radius 2 is 0.776 bits per heavy atom. The minimum absolute atomic E-state index is 0.167. The predicted molar refractivity (Wildman–Crippen MR) is 324 cm³/mol. The first-order valence-corrected chi connectivity index (χ1v) is 26.6. The normalized spacial score (nSPS) is 15.6. The highest BCUT2D eigenvalue weighted by Crippen LogP contribution is 2.39. The van der Waals surface area contributed by atoms with Gasteiger partial charge in [-0.05, 0) is 122 Å². The Kier molecular flexibility index (Phi) is 6.55. The number of para-hydroxylation sites is 4. The Balaban J connectivity index is 1.04. The van der Waals surface area contributed by atoms with Gasteiger partial charge in [0.1, 0.15) is 0 Å². The van der Waals surface area contributed by atoms with Crippen LogP contribution in [-0.4, -0.2) is 21.8 Å². The lowest BCUT2D eigenvalue weighted by molar-refractivity contribution is 1.17. The molecule has 0 radical (unpaired) electrons. The zero-order valence-electron chi connectivity index (χ0n) is 60.1. The average Bonchev–Trinajstić information content (AvgIpc) is 1.55. The fourth-order valence-corrected chi connectivity index (χ4v) is 16.4. The molecule has 15 aromatic rings. The second kappa shape index (κ2) is 17.7. The molecule has 15 rings (SSSR count). The van der Waals surface area contributed by atoms with E-state index in [0.29, 0.717) is 11.0 Å². The molecule has 3 nitrogen and oxygen atoms in total. The van der Waals surface area contributed by atoms with Gasteiger partial charge in [0.25, 0.3) is 0 Å². The van der Waals surface area contributed by atoms with Crippen LogP contribution in [0.3, 0.4) is 0 Å². The highest BCUT2D eigenvalue weighted by molar-refractivity contribution is 7.20. The summed E-state index contributed by atoms with van der Waals surface area (Å²) in [5, 5.41) is 7.07. The molecule has 12 aromatic carbocycles. The molecule has 3 aromatic heterocycles. The highest BCUT2D eigenvalue weighted by atomic mass is 28.3. The molecule has 0 unspecified atom stereocenters. The van der Waals surface area contributed by atoms with Gasteiger partial charge in [0.2, 0.25) is 0 Å². The van der Waals surface area contributed by atoms with Crippen LogP contribution in [0.25, 0.3) is 105 Å². The Morgan fingerprint density at radius 1 is 0.276 bits per heavy atom. The van der Waals surface area contributed by atoms with Crippen molar-refractivity contribution in [3.8, 4) is 39.3 Å². The number of nitrogens with zero attached hydrogens (tertiary/aromatic N) is 3. The van der Waals surface area contributed by atoms with Crippen molar-refractivity contribution in [2.24, 2.45) is 0 Å². The molecular weight excluding hydrogens is 935 g/mol. The number of aromatic nitrogens is 3. The number of rotatable bonds is 9. The Labute approximate surface area is 470 Å². The van der Waals surface area contributed by atoms with Gasteiger partial charge in [0.15, 0.2) is 8.07 Å². The van der Waals surface area contributed by atoms with Crippen LogP contribution < -0.4 is 20.7 Å². The van der Waals surface area contributed by atoms with E-state index in [4.69, 9.17) is 12.3 Å². The molecule has 0 N–H and O–H groups in total. The molecule has 4 heteroatoms. The monoisotopic (exact) mass is 1000 g/mol. The van der Waals surface area contributed by atoms with Crippen molar-refractivity contribution in [1.29, 1.82) is 0 Å². The Morgan fingerprint density at radius 3 is 1.50 bits per heavy atom. The third-order valence-electron chi connectivity index (χ3n) is 14.5. The lowest BCUT2D eigenvalue weighted by atomic mass is 9.99. The lowest BCUT2D eigenvalue weighted by Crippen LogP contribution is -2.74. The molecule has 3 heterocycles. The SMILES string of the molecule is [2H]c1c([2H])c([2H])c(-c2c([2H])c([2H])c([2H])c(-c3c([2H])c([2H])c([2H])c(-n4c5c([2H])c([2H])c([2H])c([2H])c5c5c([2H])c(-n6c7ccccc7c7c([Si](c8ccccc8)(c8ccccc8)c8cccc(-n9c%10ccccc%10c%10ccccc%109)c8)cccc76)c([2H])c([2H])c54)c3[2H])c2[2H])c([2H])c1[2H]. The quantitative estimate of drug-likeness (QED) is 0.101. The first-order chi connectivity index (χ1) is 46.1. The first kappa shape index (κ1) is 28.1. The molecule has 76 heavy (non-hydrogen) atoms. The summed E-state index contributed by atoms with van der Waals surface area (Å²) in [6.07, 6.45) is 0. The third kappa shape index (κ3) is 6.74. The van der Waals surface area contributed by atoms with Gasteiger partial charge in [-0.25, -0.2) is 0 Å². The van der Waals surface area contributed by atoms with E-state index in [1.54, 1.807) is 4.57 Å². The van der Waals surface area contributed by atoms with Gasteiger partial charge < -0.3 is 13.7 Å². The van der Waals surface area contributed by atoms with E-state index in [-0.39, 0.29) is 16.5 Å². The average molecular weight is 1000 g/mol. The van der Waals surface area contributed by atoms with Gasteiger partial charge in [0.05, 0.1) is 60.5 Å². The number of hydrogen-bond donors (Lipinski definition) is 0. The molecule has 356 valence electrons. The highest BCUT2D eigenvalue weighted by Gasteiger charge is 2.43. The molecule has 0 fully saturated rings. The molecule has 0 saturated carbocycles. The van der Waals surface area contributed by atoms with Crippen LogP contribution in [0.1, 0.15) is 27.4 Å². The summed E-state index contributed by atoms with van der Waals surface area (Å²) in [5.74, 6) is 0. The van der Waals surface area contributed by atoms with Crippen LogP contribution in [0.2, 0.25) is 0 Å². The number of fused-ring (bicyclic) bond motifs is 9. The molecule has 0 amide bonds. The first-order valence-electron chi connectivity index (χ1n) is 34.6. The van der Waals surface area contributed by atoms with Gasteiger partial charge in [-0.15, -0.1) is 0 Å². The van der Waals surface area contributed by atoms with E-state index in [9.17, 15) is 15.1 Å². The molecule has 0 saturated heterocycles. The summed E-state index contributed by atoms with van der Waals surface area (Å²) in [6.45, 7) is 0. The lowest BCUT2D eigenvalue weighted by Gasteiger charge is -2.35. The van der Waals surface area contributed by atoms with E-state index >= 15 is 0 Å². The summed E-state index contributed by atoms with van der Waals surface area (Å²) in [4.78, 5) is 0. The second-order valence-corrected chi connectivity index (χ2v) is 22.2. The van der Waals surface area contributed by atoms with Crippen molar-refractivity contribution in [3.05, 3.63) is 297 Å². The summed E-state index contributed by atoms with van der Waals surface area (Å²) in [6, 6.07) is 42.9. The molecular formula is C72H49N3Si. The smallest absolute Gasteiger partial charge is 0.180 e. The van der Waals surface area contributed by atoms with E-state index in [1.165, 1.54) is 0 Å². The fraction of sp³-hybridized carbons (Fsp3) is 0. The molecule has 0 aliphatic rings. The maximum atomic E-state index is 10.6. The minimum atomic E-state index is -3.61. The Hall–Kier alpha value is -9.74. The largest absolute Gasteiger partial charge is 0.309 e. The molecule has 0 aliphatic carbocycles. The predicted octanol–water partition coefficient (Wildman–Crippen LogP) is 15.7. The molecule has 0 bridgehead atoms. The van der Waals surface area contributed by atoms with Gasteiger partial charge >= 0.3 is 0 Å². The van der Waals surface area contributed by atoms with Crippen molar-refractivity contribution in [3.63, 3.8) is 0 Å². The van der Waals surface area contributed by atoms with E-state index in [0.717, 1.165) is 63.6 Å².